The minimum atomic E-state index is -1.09. The first-order valence-corrected chi connectivity index (χ1v) is 14.4. The minimum absolute atomic E-state index is 0.157. The highest BCUT2D eigenvalue weighted by Crippen LogP contribution is 2.37. The summed E-state index contributed by atoms with van der Waals surface area (Å²) in [7, 11) is 1.66. The number of hydrogen-bond donors (Lipinski definition) is 1. The standard InChI is InChI=1S/C28H37N7O3S/c1-17-14-29-21(18(2)23(17)38-6)15-34-24-22-20(32-34)13-19(9-12-33-10-7-8-11-33)16-39-25(22)31-26(30-24)35(27(36)37)28(3,4)5/h13-14H,7-12,15-16H2,1-6H3,(H,36,37). The molecule has 0 saturated carbocycles. The van der Waals surface area contributed by atoms with Gasteiger partial charge in [0.25, 0.3) is 0 Å². The smallest absolute Gasteiger partial charge is 0.414 e. The molecule has 0 aliphatic carbocycles. The second-order valence-corrected chi connectivity index (χ2v) is 12.3. The summed E-state index contributed by atoms with van der Waals surface area (Å²) in [6.45, 7) is 13.2. The molecule has 1 fully saturated rings. The molecule has 0 bridgehead atoms. The maximum Gasteiger partial charge on any atom is 0.414 e. The van der Waals surface area contributed by atoms with Gasteiger partial charge in [-0.05, 0) is 73.0 Å². The highest BCUT2D eigenvalue weighted by Gasteiger charge is 2.33. The van der Waals surface area contributed by atoms with Gasteiger partial charge in [0.2, 0.25) is 5.95 Å². The first-order chi connectivity index (χ1) is 18.6. The third-order valence-electron chi connectivity index (χ3n) is 7.37. The van der Waals surface area contributed by atoms with E-state index in [-0.39, 0.29) is 5.95 Å². The number of anilines is 1. The fourth-order valence-electron chi connectivity index (χ4n) is 5.37. The molecule has 5 rings (SSSR count). The van der Waals surface area contributed by atoms with Crippen molar-refractivity contribution in [3.63, 3.8) is 0 Å². The summed E-state index contributed by atoms with van der Waals surface area (Å²) in [5, 5.41) is 16.7. The zero-order chi connectivity index (χ0) is 27.9. The van der Waals surface area contributed by atoms with E-state index in [1.165, 1.54) is 36.4 Å². The minimum Gasteiger partial charge on any atom is -0.496 e. The predicted molar refractivity (Wildman–Crippen MR) is 154 cm³/mol. The molecule has 5 heterocycles. The largest absolute Gasteiger partial charge is 0.496 e. The van der Waals surface area contributed by atoms with Crippen molar-refractivity contribution in [2.75, 3.05) is 37.4 Å². The molecule has 3 aromatic heterocycles. The average molecular weight is 552 g/mol. The van der Waals surface area contributed by atoms with E-state index in [2.05, 4.69) is 16.0 Å². The molecule has 0 unspecified atom stereocenters. The average Bonchev–Trinajstić information content (AvgIpc) is 3.45. The lowest BCUT2D eigenvalue weighted by molar-refractivity contribution is 0.195. The van der Waals surface area contributed by atoms with Crippen LogP contribution in [0.25, 0.3) is 17.1 Å². The fraction of sp³-hybridized carbons (Fsp3) is 0.536. The van der Waals surface area contributed by atoms with E-state index >= 15 is 0 Å². The number of rotatable bonds is 7. The molecule has 10 nitrogen and oxygen atoms in total. The van der Waals surface area contributed by atoms with E-state index in [1.807, 2.05) is 39.3 Å². The molecular formula is C28H37N7O3S. The lowest BCUT2D eigenvalue weighted by Gasteiger charge is -2.31. The van der Waals surface area contributed by atoms with Crippen molar-refractivity contribution in [1.29, 1.82) is 0 Å². The van der Waals surface area contributed by atoms with Gasteiger partial charge in [-0.15, -0.1) is 11.8 Å². The number of aryl methyl sites for hydroxylation is 1. The molecule has 1 saturated heterocycles. The molecule has 0 radical (unpaired) electrons. The molecule has 0 spiro atoms. The zero-order valence-corrected chi connectivity index (χ0v) is 24.4. The monoisotopic (exact) mass is 551 g/mol. The van der Waals surface area contributed by atoms with Crippen molar-refractivity contribution in [3.8, 4) is 5.75 Å². The Morgan fingerprint density at radius 3 is 2.62 bits per heavy atom. The number of carbonyl (C=O) groups is 1. The molecule has 1 amide bonds. The normalized spacial score (nSPS) is 15.9. The molecule has 11 heteroatoms. The predicted octanol–water partition coefficient (Wildman–Crippen LogP) is 5.15. The van der Waals surface area contributed by atoms with Gasteiger partial charge in [-0.1, -0.05) is 5.57 Å². The van der Waals surface area contributed by atoms with E-state index in [0.717, 1.165) is 57.4 Å². The van der Waals surface area contributed by atoms with Crippen LogP contribution < -0.4 is 9.64 Å². The highest BCUT2D eigenvalue weighted by atomic mass is 32.2. The fourth-order valence-corrected chi connectivity index (χ4v) is 6.40. The Hall–Kier alpha value is -3.18. The number of methoxy groups -OCH3 is 1. The Morgan fingerprint density at radius 2 is 1.95 bits per heavy atom. The zero-order valence-electron chi connectivity index (χ0n) is 23.6. The molecule has 0 atom stereocenters. The third-order valence-corrected chi connectivity index (χ3v) is 8.45. The first-order valence-electron chi connectivity index (χ1n) is 13.4. The van der Waals surface area contributed by atoms with Crippen molar-refractivity contribution >= 4 is 40.9 Å². The molecule has 0 aromatic carbocycles. The quantitative estimate of drug-likeness (QED) is 0.399. The number of carboxylic acid groups (broad SMARTS) is 1. The SMILES string of the molecule is COc1c(C)cnc(Cn2nc3c4c(nc(N(C(=O)O)C(C)(C)C)nc42)SCC(CCN2CCCC2)=C3)c1C. The maximum absolute atomic E-state index is 12.3. The lowest BCUT2D eigenvalue weighted by atomic mass is 10.1. The molecule has 1 N–H and O–H groups in total. The molecule has 3 aromatic rings. The van der Waals surface area contributed by atoms with Crippen molar-refractivity contribution in [2.45, 2.75) is 71.0 Å². The Balaban J connectivity index is 1.61. The van der Waals surface area contributed by atoms with E-state index in [9.17, 15) is 9.90 Å². The Kier molecular flexibility index (Phi) is 7.56. The number of aromatic nitrogens is 5. The van der Waals surface area contributed by atoms with Gasteiger partial charge < -0.3 is 14.7 Å². The van der Waals surface area contributed by atoms with Crippen molar-refractivity contribution in [2.24, 2.45) is 0 Å². The Morgan fingerprint density at radius 1 is 1.21 bits per heavy atom. The lowest BCUT2D eigenvalue weighted by Crippen LogP contribution is -2.46. The van der Waals surface area contributed by atoms with Crippen LogP contribution in [-0.4, -0.2) is 78.9 Å². The van der Waals surface area contributed by atoms with E-state index in [0.29, 0.717) is 12.2 Å². The van der Waals surface area contributed by atoms with Crippen LogP contribution in [0.2, 0.25) is 0 Å². The van der Waals surface area contributed by atoms with Gasteiger partial charge in [-0.2, -0.15) is 10.1 Å². The number of nitrogens with zero attached hydrogens (tertiary/aromatic N) is 7. The Bertz CT molecular complexity index is 1440. The van der Waals surface area contributed by atoms with Gasteiger partial charge in [0.1, 0.15) is 10.8 Å². The van der Waals surface area contributed by atoms with Crippen LogP contribution in [0.3, 0.4) is 0 Å². The van der Waals surface area contributed by atoms with Crippen LogP contribution in [0, 0.1) is 13.8 Å². The van der Waals surface area contributed by atoms with Crippen LogP contribution >= 0.6 is 11.8 Å². The summed E-state index contributed by atoms with van der Waals surface area (Å²) in [5.41, 5.74) is 4.74. The van der Waals surface area contributed by atoms with Gasteiger partial charge >= 0.3 is 6.09 Å². The second kappa shape index (κ2) is 10.8. The molecule has 2 aliphatic heterocycles. The number of amides is 1. The number of pyridine rings is 1. The first kappa shape index (κ1) is 27.4. The van der Waals surface area contributed by atoms with Crippen molar-refractivity contribution in [3.05, 3.63) is 34.3 Å². The van der Waals surface area contributed by atoms with Crippen LogP contribution in [0.1, 0.15) is 62.5 Å². The summed E-state index contributed by atoms with van der Waals surface area (Å²) >= 11 is 1.63. The summed E-state index contributed by atoms with van der Waals surface area (Å²) in [5.74, 6) is 1.75. The van der Waals surface area contributed by atoms with Crippen molar-refractivity contribution < 1.29 is 14.6 Å². The topological polar surface area (TPSA) is 110 Å². The van der Waals surface area contributed by atoms with Crippen LogP contribution in [0.4, 0.5) is 10.7 Å². The van der Waals surface area contributed by atoms with Crippen molar-refractivity contribution in [1.82, 2.24) is 29.6 Å². The number of hydrogen-bond acceptors (Lipinski definition) is 8. The highest BCUT2D eigenvalue weighted by molar-refractivity contribution is 7.99. The van der Waals surface area contributed by atoms with Gasteiger partial charge in [0, 0.05) is 35.2 Å². The second-order valence-electron chi connectivity index (χ2n) is 11.3. The van der Waals surface area contributed by atoms with E-state index in [1.54, 1.807) is 25.1 Å². The number of likely N-dealkylation sites (tertiary alicyclic amines) is 1. The van der Waals surface area contributed by atoms with Gasteiger partial charge in [0.05, 0.1) is 30.4 Å². The molecule has 2 aliphatic rings. The molecule has 208 valence electrons. The van der Waals surface area contributed by atoms with Gasteiger partial charge in [0.15, 0.2) is 5.65 Å². The number of thioether (sulfide) groups is 1. The third kappa shape index (κ3) is 5.47. The van der Waals surface area contributed by atoms with E-state index in [4.69, 9.17) is 19.8 Å². The number of ether oxygens (including phenoxy) is 1. The summed E-state index contributed by atoms with van der Waals surface area (Å²) in [6.07, 6.45) is 6.40. The maximum atomic E-state index is 12.3. The summed E-state index contributed by atoms with van der Waals surface area (Å²) < 4.78 is 7.45. The van der Waals surface area contributed by atoms with E-state index < -0.39 is 11.6 Å². The summed E-state index contributed by atoms with van der Waals surface area (Å²) in [4.78, 5) is 30.4. The van der Waals surface area contributed by atoms with Crippen LogP contribution in [-0.2, 0) is 6.54 Å². The van der Waals surface area contributed by atoms with Gasteiger partial charge in [-0.3, -0.25) is 4.98 Å². The van der Waals surface area contributed by atoms with Crippen LogP contribution in [0.15, 0.2) is 16.8 Å². The molecule has 39 heavy (non-hydrogen) atoms. The van der Waals surface area contributed by atoms with Gasteiger partial charge in [-0.25, -0.2) is 19.4 Å². The molecular weight excluding hydrogens is 514 g/mol. The summed E-state index contributed by atoms with van der Waals surface area (Å²) in [6, 6.07) is 0. The van der Waals surface area contributed by atoms with Crippen LogP contribution in [0.5, 0.6) is 5.75 Å². The Labute approximate surface area is 233 Å².